The lowest BCUT2D eigenvalue weighted by Crippen LogP contribution is -2.49. The van der Waals surface area contributed by atoms with E-state index in [1.807, 2.05) is 0 Å². The van der Waals surface area contributed by atoms with Gasteiger partial charge in [-0.2, -0.15) is 0 Å². The van der Waals surface area contributed by atoms with Gasteiger partial charge in [0, 0.05) is 50.0 Å². The number of carbonyl (C=O) groups excluding carboxylic acids is 1. The first-order chi connectivity index (χ1) is 15.1. The van der Waals surface area contributed by atoms with Gasteiger partial charge in [-0.3, -0.25) is 9.69 Å². The molecule has 2 aliphatic heterocycles. The number of methoxy groups -OCH3 is 1. The number of likely N-dealkylation sites (tertiary alicyclic amines) is 2. The third kappa shape index (κ3) is 3.98. The van der Waals surface area contributed by atoms with Gasteiger partial charge in [0.2, 0.25) is 5.91 Å². The zero-order valence-corrected chi connectivity index (χ0v) is 18.8. The molecule has 4 nitrogen and oxygen atoms in total. The normalized spacial score (nSPS) is 26.4. The van der Waals surface area contributed by atoms with Crippen LogP contribution >= 0.6 is 0 Å². The van der Waals surface area contributed by atoms with Crippen LogP contribution in [0.3, 0.4) is 0 Å². The molecule has 2 aromatic rings. The molecule has 3 aliphatic rings. The van der Waals surface area contributed by atoms with Crippen LogP contribution in [-0.4, -0.2) is 48.5 Å². The Morgan fingerprint density at radius 2 is 1.81 bits per heavy atom. The number of hydrogen-bond acceptors (Lipinski definition) is 3. The maximum absolute atomic E-state index is 13.3. The van der Waals surface area contributed by atoms with E-state index >= 15 is 0 Å². The number of carbonyl (C=O) groups is 1. The lowest BCUT2D eigenvalue weighted by Gasteiger charge is -2.40. The van der Waals surface area contributed by atoms with E-state index < -0.39 is 0 Å². The van der Waals surface area contributed by atoms with Crippen LogP contribution < -0.4 is 4.74 Å². The maximum Gasteiger partial charge on any atom is 0.225 e. The molecule has 0 bridgehead atoms. The fourth-order valence-electron chi connectivity index (χ4n) is 5.82. The first kappa shape index (κ1) is 20.6. The minimum Gasteiger partial charge on any atom is -0.497 e. The summed E-state index contributed by atoms with van der Waals surface area (Å²) in [5, 5.41) is 0. The highest BCUT2D eigenvalue weighted by Crippen LogP contribution is 2.44. The Hall–Kier alpha value is -2.33. The molecular formula is C27H34N2O2. The van der Waals surface area contributed by atoms with Crippen LogP contribution in [0.4, 0.5) is 0 Å². The molecule has 1 aliphatic carbocycles. The monoisotopic (exact) mass is 418 g/mol. The van der Waals surface area contributed by atoms with Crippen molar-refractivity contribution in [1.82, 2.24) is 9.80 Å². The Bertz CT molecular complexity index is 921. The van der Waals surface area contributed by atoms with E-state index in [1.54, 1.807) is 7.11 Å². The smallest absolute Gasteiger partial charge is 0.225 e. The average molecular weight is 419 g/mol. The summed E-state index contributed by atoms with van der Waals surface area (Å²) in [4.78, 5) is 18.2. The van der Waals surface area contributed by atoms with E-state index in [4.69, 9.17) is 4.74 Å². The fraction of sp³-hybridized carbons (Fsp3) is 0.519. The average Bonchev–Trinajstić information content (AvgIpc) is 3.13. The summed E-state index contributed by atoms with van der Waals surface area (Å²) in [5.41, 5.74) is 4.13. The third-order valence-corrected chi connectivity index (χ3v) is 7.95. The van der Waals surface area contributed by atoms with Gasteiger partial charge in [0.15, 0.2) is 0 Å². The van der Waals surface area contributed by atoms with E-state index in [9.17, 15) is 4.79 Å². The summed E-state index contributed by atoms with van der Waals surface area (Å²) < 4.78 is 5.37. The quantitative estimate of drug-likeness (QED) is 0.710. The van der Waals surface area contributed by atoms with E-state index in [-0.39, 0.29) is 5.92 Å². The molecule has 1 saturated carbocycles. The SMILES string of the molecule is COc1ccc([C@@H]2CN(C(=O)C3CCC3)[C@H]3CCN(Cc4ccccc4C)C[C@@H]23)cc1. The zero-order chi connectivity index (χ0) is 21.4. The van der Waals surface area contributed by atoms with E-state index in [0.717, 1.165) is 51.2 Å². The minimum absolute atomic E-state index is 0.278. The van der Waals surface area contributed by atoms with Crippen molar-refractivity contribution in [2.75, 3.05) is 26.7 Å². The Morgan fingerprint density at radius 1 is 1.03 bits per heavy atom. The van der Waals surface area contributed by atoms with Crippen LogP contribution in [0, 0.1) is 18.8 Å². The molecule has 0 aromatic heterocycles. The van der Waals surface area contributed by atoms with Crippen LogP contribution in [0.2, 0.25) is 0 Å². The van der Waals surface area contributed by atoms with Crippen LogP contribution in [-0.2, 0) is 11.3 Å². The standard InChI is InChI=1S/C27H34N2O2/c1-19-6-3-4-7-22(19)16-28-15-14-26-25(17-28)24(20-10-12-23(31-2)13-11-20)18-29(26)27(30)21-8-5-9-21/h3-4,6-7,10-13,21,24-26H,5,8-9,14-18H2,1-2H3/t24-,25-,26-/m0/s1. The van der Waals surface area contributed by atoms with E-state index in [2.05, 4.69) is 65.3 Å². The molecule has 0 spiro atoms. The van der Waals surface area contributed by atoms with Crippen molar-refractivity contribution in [2.24, 2.45) is 11.8 Å². The van der Waals surface area contributed by atoms with Gasteiger partial charge in [0.05, 0.1) is 7.11 Å². The molecule has 4 heteroatoms. The summed E-state index contributed by atoms with van der Waals surface area (Å²) in [7, 11) is 1.71. The molecule has 2 aromatic carbocycles. The van der Waals surface area contributed by atoms with Crippen molar-refractivity contribution in [3.05, 3.63) is 65.2 Å². The van der Waals surface area contributed by atoms with Crippen molar-refractivity contribution in [2.45, 2.75) is 51.1 Å². The Morgan fingerprint density at radius 3 is 2.48 bits per heavy atom. The number of hydrogen-bond donors (Lipinski definition) is 0. The van der Waals surface area contributed by atoms with Gasteiger partial charge in [-0.1, -0.05) is 42.8 Å². The van der Waals surface area contributed by atoms with Gasteiger partial charge in [0.1, 0.15) is 5.75 Å². The topological polar surface area (TPSA) is 32.8 Å². The highest BCUT2D eigenvalue weighted by atomic mass is 16.5. The summed E-state index contributed by atoms with van der Waals surface area (Å²) in [6, 6.07) is 17.6. The molecule has 0 N–H and O–H groups in total. The Labute approximate surface area is 186 Å². The molecular weight excluding hydrogens is 384 g/mol. The van der Waals surface area contributed by atoms with Crippen LogP contribution in [0.1, 0.15) is 48.3 Å². The van der Waals surface area contributed by atoms with Gasteiger partial charge in [0.25, 0.3) is 0 Å². The summed E-state index contributed by atoms with van der Waals surface area (Å²) in [5.74, 6) is 2.49. The predicted octanol–water partition coefficient (Wildman–Crippen LogP) is 4.62. The molecule has 3 atom stereocenters. The highest BCUT2D eigenvalue weighted by molar-refractivity contribution is 5.80. The summed E-state index contributed by atoms with van der Waals surface area (Å²) in [6.45, 7) is 6.21. The Balaban J connectivity index is 1.38. The van der Waals surface area contributed by atoms with E-state index in [1.165, 1.54) is 23.1 Å². The van der Waals surface area contributed by atoms with Crippen molar-refractivity contribution in [1.29, 1.82) is 0 Å². The van der Waals surface area contributed by atoms with Gasteiger partial charge in [-0.25, -0.2) is 0 Å². The highest BCUT2D eigenvalue weighted by Gasteiger charge is 2.48. The van der Waals surface area contributed by atoms with Gasteiger partial charge >= 0.3 is 0 Å². The molecule has 0 radical (unpaired) electrons. The second kappa shape index (κ2) is 8.66. The number of amides is 1. The van der Waals surface area contributed by atoms with Crippen LogP contribution in [0.5, 0.6) is 5.75 Å². The van der Waals surface area contributed by atoms with Crippen molar-refractivity contribution in [3.8, 4) is 5.75 Å². The predicted molar refractivity (Wildman–Crippen MR) is 123 cm³/mol. The third-order valence-electron chi connectivity index (χ3n) is 7.95. The van der Waals surface area contributed by atoms with Crippen molar-refractivity contribution in [3.63, 3.8) is 0 Å². The number of rotatable bonds is 5. The number of ether oxygens (including phenoxy) is 1. The lowest BCUT2D eigenvalue weighted by atomic mass is 9.81. The first-order valence-corrected chi connectivity index (χ1v) is 11.9. The molecule has 2 heterocycles. The molecule has 31 heavy (non-hydrogen) atoms. The van der Waals surface area contributed by atoms with Gasteiger partial charge < -0.3 is 9.64 Å². The molecule has 2 saturated heterocycles. The van der Waals surface area contributed by atoms with Crippen LogP contribution in [0.15, 0.2) is 48.5 Å². The number of benzene rings is 2. The zero-order valence-electron chi connectivity index (χ0n) is 18.8. The largest absolute Gasteiger partial charge is 0.497 e. The number of aryl methyl sites for hydroxylation is 1. The van der Waals surface area contributed by atoms with Crippen molar-refractivity contribution < 1.29 is 9.53 Å². The lowest BCUT2D eigenvalue weighted by molar-refractivity contribution is -0.140. The minimum atomic E-state index is 0.278. The maximum atomic E-state index is 13.3. The second-order valence-electron chi connectivity index (χ2n) is 9.68. The molecule has 0 unspecified atom stereocenters. The first-order valence-electron chi connectivity index (χ1n) is 11.9. The Kier molecular flexibility index (Phi) is 5.75. The number of nitrogens with zero attached hydrogens (tertiary/aromatic N) is 2. The van der Waals surface area contributed by atoms with Gasteiger partial charge in [-0.15, -0.1) is 0 Å². The molecule has 5 rings (SSSR count). The summed E-state index contributed by atoms with van der Waals surface area (Å²) >= 11 is 0. The fourth-order valence-corrected chi connectivity index (χ4v) is 5.82. The number of fused-ring (bicyclic) bond motifs is 1. The van der Waals surface area contributed by atoms with Gasteiger partial charge in [-0.05, 0) is 55.0 Å². The summed E-state index contributed by atoms with van der Waals surface area (Å²) in [6.07, 6.45) is 4.46. The van der Waals surface area contributed by atoms with E-state index in [0.29, 0.717) is 23.8 Å². The van der Waals surface area contributed by atoms with Crippen molar-refractivity contribution >= 4 is 5.91 Å². The van der Waals surface area contributed by atoms with Crippen LogP contribution in [0.25, 0.3) is 0 Å². The second-order valence-corrected chi connectivity index (χ2v) is 9.68. The molecule has 1 amide bonds. The number of piperidine rings is 1. The molecule has 164 valence electrons. The molecule has 3 fully saturated rings.